The molecule has 0 saturated carbocycles. The number of pyridine rings is 1. The zero-order valence-electron chi connectivity index (χ0n) is 18.5. The van der Waals surface area contributed by atoms with Crippen LogP contribution in [0.1, 0.15) is 38.0 Å². The lowest BCUT2D eigenvalue weighted by Gasteiger charge is -2.39. The molecular formula is C24H32N2O3Si. The Morgan fingerprint density at radius 2 is 1.73 bits per heavy atom. The van der Waals surface area contributed by atoms with E-state index in [2.05, 4.69) is 38.8 Å². The lowest BCUT2D eigenvalue weighted by molar-refractivity contribution is 0.193. The van der Waals surface area contributed by atoms with Crippen LogP contribution >= 0.6 is 0 Å². The highest BCUT2D eigenvalue weighted by Gasteiger charge is 2.39. The van der Waals surface area contributed by atoms with Crippen LogP contribution in [0.2, 0.25) is 18.1 Å². The van der Waals surface area contributed by atoms with Crippen LogP contribution in [0.4, 0.5) is 0 Å². The van der Waals surface area contributed by atoms with E-state index < -0.39 is 8.32 Å². The van der Waals surface area contributed by atoms with E-state index in [1.165, 1.54) is 6.07 Å². The summed E-state index contributed by atoms with van der Waals surface area (Å²) in [5, 5.41) is 0.970. The maximum atomic E-state index is 12.1. The molecule has 0 aliphatic heterocycles. The van der Waals surface area contributed by atoms with Gasteiger partial charge in [-0.3, -0.25) is 4.79 Å². The standard InChI is InChI=1S/C24H32N2O3Si/c1-24(2,3)30(4,5)29-21(15-25)18-11-13-20(23-19(18)12-14-22(27)26-23)28-16-17-9-7-6-8-10-17/h6-14,21H,15-16,25H2,1-5H3,(H,26,27)/t21-/m0/s1. The normalized spacial score (nSPS) is 13.4. The molecule has 0 aliphatic rings. The van der Waals surface area contributed by atoms with Gasteiger partial charge in [0.05, 0.1) is 11.6 Å². The number of hydrogen-bond acceptors (Lipinski definition) is 4. The van der Waals surface area contributed by atoms with Crippen molar-refractivity contribution < 1.29 is 9.16 Å². The van der Waals surface area contributed by atoms with Crippen molar-refractivity contribution in [2.24, 2.45) is 5.73 Å². The first-order valence-corrected chi connectivity index (χ1v) is 13.2. The van der Waals surface area contributed by atoms with Crippen LogP contribution in [-0.4, -0.2) is 19.8 Å². The second-order valence-electron chi connectivity index (χ2n) is 9.14. The number of ether oxygens (including phenoxy) is 1. The Hall–Kier alpha value is -2.41. The molecule has 0 radical (unpaired) electrons. The van der Waals surface area contributed by atoms with Gasteiger partial charge >= 0.3 is 0 Å². The second kappa shape index (κ2) is 8.76. The van der Waals surface area contributed by atoms with Crippen LogP contribution < -0.4 is 16.0 Å². The van der Waals surface area contributed by atoms with E-state index in [0.29, 0.717) is 24.4 Å². The molecule has 3 N–H and O–H groups in total. The second-order valence-corrected chi connectivity index (χ2v) is 13.9. The number of hydrogen-bond donors (Lipinski definition) is 2. The topological polar surface area (TPSA) is 77.3 Å². The molecule has 1 atom stereocenters. The van der Waals surface area contributed by atoms with E-state index in [1.54, 1.807) is 0 Å². The predicted octanol–water partition coefficient (Wildman–Crippen LogP) is 5.13. The molecule has 1 aromatic heterocycles. The van der Waals surface area contributed by atoms with Gasteiger partial charge in [-0.1, -0.05) is 57.2 Å². The van der Waals surface area contributed by atoms with E-state index in [-0.39, 0.29) is 16.7 Å². The van der Waals surface area contributed by atoms with E-state index in [0.717, 1.165) is 16.5 Å². The number of nitrogens with two attached hydrogens (primary N) is 1. The Balaban J connectivity index is 1.99. The minimum Gasteiger partial charge on any atom is -0.487 e. The number of aromatic amines is 1. The van der Waals surface area contributed by atoms with Gasteiger partial charge in [-0.25, -0.2) is 0 Å². The van der Waals surface area contributed by atoms with Crippen molar-refractivity contribution in [3.05, 3.63) is 76.1 Å². The maximum absolute atomic E-state index is 12.1. The lowest BCUT2D eigenvalue weighted by Crippen LogP contribution is -2.43. The van der Waals surface area contributed by atoms with E-state index >= 15 is 0 Å². The average molecular weight is 425 g/mol. The fourth-order valence-electron chi connectivity index (χ4n) is 3.16. The van der Waals surface area contributed by atoms with Crippen LogP contribution in [0, 0.1) is 0 Å². The van der Waals surface area contributed by atoms with Crippen LogP contribution in [0.25, 0.3) is 10.9 Å². The minimum atomic E-state index is -2.03. The van der Waals surface area contributed by atoms with Gasteiger partial charge < -0.3 is 19.9 Å². The molecule has 5 nitrogen and oxygen atoms in total. The van der Waals surface area contributed by atoms with E-state index in [9.17, 15) is 4.79 Å². The number of H-pyrrole nitrogens is 1. The lowest BCUT2D eigenvalue weighted by atomic mass is 10.0. The molecule has 2 aromatic carbocycles. The summed E-state index contributed by atoms with van der Waals surface area (Å²) in [5.41, 5.74) is 8.69. The maximum Gasteiger partial charge on any atom is 0.248 e. The number of nitrogens with one attached hydrogen (secondary N) is 1. The summed E-state index contributed by atoms with van der Waals surface area (Å²) in [7, 11) is -2.03. The molecule has 0 fully saturated rings. The zero-order chi connectivity index (χ0) is 21.9. The summed E-state index contributed by atoms with van der Waals surface area (Å²) in [6.07, 6.45) is -0.248. The Morgan fingerprint density at radius 1 is 1.03 bits per heavy atom. The molecule has 0 aliphatic carbocycles. The smallest absolute Gasteiger partial charge is 0.248 e. The summed E-state index contributed by atoms with van der Waals surface area (Å²) in [5.74, 6) is 0.637. The molecule has 1 heterocycles. The molecule has 0 spiro atoms. The van der Waals surface area contributed by atoms with Gasteiger partial charge in [-0.05, 0) is 41.4 Å². The third-order valence-corrected chi connectivity index (χ3v) is 10.4. The predicted molar refractivity (Wildman–Crippen MR) is 125 cm³/mol. The summed E-state index contributed by atoms with van der Waals surface area (Å²) in [6, 6.07) is 17.2. The minimum absolute atomic E-state index is 0.0727. The summed E-state index contributed by atoms with van der Waals surface area (Å²) in [4.78, 5) is 15.0. The molecule has 3 rings (SSSR count). The fraction of sp³-hybridized carbons (Fsp3) is 0.375. The molecule has 30 heavy (non-hydrogen) atoms. The number of aromatic nitrogens is 1. The zero-order valence-corrected chi connectivity index (χ0v) is 19.5. The molecular weight excluding hydrogens is 392 g/mol. The average Bonchev–Trinajstić information content (AvgIpc) is 2.70. The van der Waals surface area contributed by atoms with Gasteiger partial charge in [0.15, 0.2) is 8.32 Å². The van der Waals surface area contributed by atoms with Gasteiger partial charge in [0.25, 0.3) is 0 Å². The molecule has 3 aromatic rings. The van der Waals surface area contributed by atoms with Crippen molar-refractivity contribution in [3.8, 4) is 5.75 Å². The van der Waals surface area contributed by atoms with E-state index in [1.807, 2.05) is 48.5 Å². The Bertz CT molecular complexity index is 1060. The van der Waals surface area contributed by atoms with E-state index in [4.69, 9.17) is 14.9 Å². The van der Waals surface area contributed by atoms with Crippen molar-refractivity contribution in [2.45, 2.75) is 51.6 Å². The highest BCUT2D eigenvalue weighted by atomic mass is 28.4. The molecule has 0 amide bonds. The number of rotatable bonds is 7. The Morgan fingerprint density at radius 3 is 2.37 bits per heavy atom. The highest BCUT2D eigenvalue weighted by molar-refractivity contribution is 6.74. The highest BCUT2D eigenvalue weighted by Crippen LogP contribution is 2.41. The van der Waals surface area contributed by atoms with Gasteiger partial charge in [0, 0.05) is 18.0 Å². The quantitative estimate of drug-likeness (QED) is 0.516. The summed E-state index contributed by atoms with van der Waals surface area (Å²) >= 11 is 0. The third-order valence-electron chi connectivity index (χ3n) is 5.93. The molecule has 160 valence electrons. The first kappa shape index (κ1) is 22.3. The Labute approximate surface area is 179 Å². The van der Waals surface area contributed by atoms with Crippen molar-refractivity contribution in [1.29, 1.82) is 0 Å². The molecule has 0 saturated heterocycles. The van der Waals surface area contributed by atoms with Crippen molar-refractivity contribution in [2.75, 3.05) is 6.54 Å². The number of benzene rings is 2. The summed E-state index contributed by atoms with van der Waals surface area (Å²) in [6.45, 7) is 11.9. The van der Waals surface area contributed by atoms with Crippen LogP contribution in [0.15, 0.2) is 59.4 Å². The molecule has 6 heteroatoms. The van der Waals surface area contributed by atoms with Crippen LogP contribution in [0.3, 0.4) is 0 Å². The van der Waals surface area contributed by atoms with Crippen molar-refractivity contribution in [3.63, 3.8) is 0 Å². The van der Waals surface area contributed by atoms with Gasteiger partial charge in [0.2, 0.25) is 5.56 Å². The van der Waals surface area contributed by atoms with Crippen molar-refractivity contribution in [1.82, 2.24) is 4.98 Å². The molecule has 0 bridgehead atoms. The molecule has 0 unspecified atom stereocenters. The largest absolute Gasteiger partial charge is 0.487 e. The first-order chi connectivity index (χ1) is 14.1. The van der Waals surface area contributed by atoms with Gasteiger partial charge in [0.1, 0.15) is 12.4 Å². The monoisotopic (exact) mass is 424 g/mol. The Kier molecular flexibility index (Phi) is 6.50. The van der Waals surface area contributed by atoms with Crippen LogP contribution in [0.5, 0.6) is 5.75 Å². The fourth-order valence-corrected chi connectivity index (χ4v) is 4.44. The SMILES string of the molecule is CC(C)(C)[Si](C)(C)O[C@@H](CN)c1ccc(OCc2ccccc2)c2[nH]c(=O)ccc12. The van der Waals surface area contributed by atoms with Crippen LogP contribution in [-0.2, 0) is 11.0 Å². The number of fused-ring (bicyclic) bond motifs is 1. The first-order valence-electron chi connectivity index (χ1n) is 10.3. The third kappa shape index (κ3) is 4.83. The van der Waals surface area contributed by atoms with Crippen molar-refractivity contribution >= 4 is 19.2 Å². The summed E-state index contributed by atoms with van der Waals surface area (Å²) < 4.78 is 12.7. The van der Waals surface area contributed by atoms with Gasteiger partial charge in [-0.2, -0.15) is 0 Å². The van der Waals surface area contributed by atoms with Gasteiger partial charge in [-0.15, -0.1) is 0 Å².